The van der Waals surface area contributed by atoms with E-state index < -0.39 is 0 Å². The number of rotatable bonds is 6. The van der Waals surface area contributed by atoms with Gasteiger partial charge in [-0.3, -0.25) is 9.78 Å². The predicted octanol–water partition coefficient (Wildman–Crippen LogP) is 3.76. The lowest BCUT2D eigenvalue weighted by Gasteiger charge is -2.04. The van der Waals surface area contributed by atoms with Gasteiger partial charge in [0.1, 0.15) is 0 Å². The minimum atomic E-state index is 0.00126. The molecule has 0 radical (unpaired) electrons. The SMILES string of the molecule is O=C(Cc1ccc(Cl)cc1)NCCc1nc(-c2cccnc2)cs1. The van der Waals surface area contributed by atoms with Crippen LogP contribution in [0.2, 0.25) is 5.02 Å². The molecule has 0 aliphatic heterocycles. The van der Waals surface area contributed by atoms with Gasteiger partial charge >= 0.3 is 0 Å². The highest BCUT2D eigenvalue weighted by Gasteiger charge is 2.06. The van der Waals surface area contributed by atoms with Crippen molar-refractivity contribution in [1.82, 2.24) is 15.3 Å². The second-order valence-corrected chi connectivity index (χ2v) is 6.65. The first-order valence-corrected chi connectivity index (χ1v) is 8.82. The van der Waals surface area contributed by atoms with Crippen molar-refractivity contribution in [3.05, 3.63) is 69.8 Å². The first kappa shape index (κ1) is 16.6. The largest absolute Gasteiger partial charge is 0.355 e. The first-order valence-electron chi connectivity index (χ1n) is 7.56. The molecule has 0 saturated heterocycles. The number of carbonyl (C=O) groups is 1. The van der Waals surface area contributed by atoms with E-state index in [1.165, 1.54) is 0 Å². The molecule has 1 aromatic carbocycles. The minimum absolute atomic E-state index is 0.00126. The summed E-state index contributed by atoms with van der Waals surface area (Å²) in [4.78, 5) is 20.6. The average molecular weight is 358 g/mol. The normalized spacial score (nSPS) is 10.5. The molecule has 3 aromatic rings. The number of halogens is 1. The second kappa shape index (κ2) is 8.04. The van der Waals surface area contributed by atoms with E-state index in [0.717, 1.165) is 28.2 Å². The summed E-state index contributed by atoms with van der Waals surface area (Å²) in [5.74, 6) is 0.00126. The lowest BCUT2D eigenvalue weighted by molar-refractivity contribution is -0.120. The molecular weight excluding hydrogens is 342 g/mol. The molecule has 3 rings (SSSR count). The predicted molar refractivity (Wildman–Crippen MR) is 97.2 cm³/mol. The molecule has 0 fully saturated rings. The highest BCUT2D eigenvalue weighted by Crippen LogP contribution is 2.20. The highest BCUT2D eigenvalue weighted by molar-refractivity contribution is 7.09. The maximum atomic E-state index is 11.9. The van der Waals surface area contributed by atoms with E-state index >= 15 is 0 Å². The van der Waals surface area contributed by atoms with Gasteiger partial charge in [-0.15, -0.1) is 11.3 Å². The summed E-state index contributed by atoms with van der Waals surface area (Å²) in [6.07, 6.45) is 4.62. The Morgan fingerprint density at radius 1 is 1.21 bits per heavy atom. The summed E-state index contributed by atoms with van der Waals surface area (Å²) in [6.45, 7) is 0.576. The Bertz CT molecular complexity index is 803. The van der Waals surface area contributed by atoms with Gasteiger partial charge in [-0.1, -0.05) is 23.7 Å². The van der Waals surface area contributed by atoms with Crippen LogP contribution in [0.5, 0.6) is 0 Å². The number of amides is 1. The highest BCUT2D eigenvalue weighted by atomic mass is 35.5. The number of nitrogens with zero attached hydrogens (tertiary/aromatic N) is 2. The van der Waals surface area contributed by atoms with Crippen LogP contribution >= 0.6 is 22.9 Å². The molecule has 1 N–H and O–H groups in total. The minimum Gasteiger partial charge on any atom is -0.355 e. The van der Waals surface area contributed by atoms with Gasteiger partial charge in [-0.25, -0.2) is 4.98 Å². The van der Waals surface area contributed by atoms with E-state index in [2.05, 4.69) is 15.3 Å². The first-order chi connectivity index (χ1) is 11.7. The zero-order valence-corrected chi connectivity index (χ0v) is 14.5. The van der Waals surface area contributed by atoms with E-state index in [4.69, 9.17) is 11.6 Å². The smallest absolute Gasteiger partial charge is 0.224 e. The third-order valence-corrected chi connectivity index (χ3v) is 4.61. The zero-order chi connectivity index (χ0) is 16.8. The van der Waals surface area contributed by atoms with Gasteiger partial charge in [0.05, 0.1) is 17.1 Å². The van der Waals surface area contributed by atoms with Crippen molar-refractivity contribution < 1.29 is 4.79 Å². The van der Waals surface area contributed by atoms with Gasteiger partial charge < -0.3 is 5.32 Å². The van der Waals surface area contributed by atoms with Crippen molar-refractivity contribution in [2.75, 3.05) is 6.54 Å². The molecule has 2 aromatic heterocycles. The van der Waals surface area contributed by atoms with Crippen LogP contribution in [-0.4, -0.2) is 22.4 Å². The molecule has 4 nitrogen and oxygen atoms in total. The van der Waals surface area contributed by atoms with Crippen molar-refractivity contribution in [1.29, 1.82) is 0 Å². The summed E-state index contributed by atoms with van der Waals surface area (Å²) in [7, 11) is 0. The third-order valence-electron chi connectivity index (χ3n) is 3.45. The Kier molecular flexibility index (Phi) is 5.56. The molecule has 0 bridgehead atoms. The van der Waals surface area contributed by atoms with Crippen LogP contribution in [-0.2, 0) is 17.6 Å². The molecule has 0 atom stereocenters. The van der Waals surface area contributed by atoms with Crippen LogP contribution < -0.4 is 5.32 Å². The van der Waals surface area contributed by atoms with Crippen molar-refractivity contribution in [3.8, 4) is 11.3 Å². The van der Waals surface area contributed by atoms with Crippen LogP contribution in [0.3, 0.4) is 0 Å². The lowest BCUT2D eigenvalue weighted by atomic mass is 10.1. The molecule has 24 heavy (non-hydrogen) atoms. The topological polar surface area (TPSA) is 54.9 Å². The standard InChI is InChI=1S/C18H16ClN3OS/c19-15-5-3-13(4-6-15)10-17(23)21-9-7-18-22-16(12-24-18)14-2-1-8-20-11-14/h1-6,8,11-12H,7,9-10H2,(H,21,23). The van der Waals surface area contributed by atoms with E-state index in [1.807, 2.05) is 29.6 Å². The van der Waals surface area contributed by atoms with Gasteiger partial charge in [0, 0.05) is 41.3 Å². The summed E-state index contributed by atoms with van der Waals surface area (Å²) in [6, 6.07) is 11.2. The number of hydrogen-bond acceptors (Lipinski definition) is 4. The Balaban J connectivity index is 1.47. The van der Waals surface area contributed by atoms with Crippen molar-refractivity contribution in [3.63, 3.8) is 0 Å². The summed E-state index contributed by atoms with van der Waals surface area (Å²) in [5, 5.41) is 6.62. The Hall–Kier alpha value is -2.24. The van der Waals surface area contributed by atoms with Crippen LogP contribution in [0.4, 0.5) is 0 Å². The molecule has 6 heteroatoms. The molecule has 0 aliphatic carbocycles. The molecular formula is C18H16ClN3OS. The quantitative estimate of drug-likeness (QED) is 0.730. The number of hydrogen-bond donors (Lipinski definition) is 1. The second-order valence-electron chi connectivity index (χ2n) is 5.27. The fourth-order valence-corrected chi connectivity index (χ4v) is 3.16. The molecule has 0 spiro atoms. The summed E-state index contributed by atoms with van der Waals surface area (Å²) in [5.41, 5.74) is 2.88. The number of nitrogens with one attached hydrogen (secondary N) is 1. The van der Waals surface area contributed by atoms with E-state index in [1.54, 1.807) is 35.9 Å². The van der Waals surface area contributed by atoms with Gasteiger partial charge in [0.25, 0.3) is 0 Å². The molecule has 0 aliphatic rings. The lowest BCUT2D eigenvalue weighted by Crippen LogP contribution is -2.27. The molecule has 1 amide bonds. The maximum absolute atomic E-state index is 11.9. The summed E-state index contributed by atoms with van der Waals surface area (Å²) < 4.78 is 0. The van der Waals surface area contributed by atoms with Gasteiger partial charge in [0.15, 0.2) is 0 Å². The Morgan fingerprint density at radius 2 is 2.04 bits per heavy atom. The molecule has 2 heterocycles. The van der Waals surface area contributed by atoms with E-state index in [-0.39, 0.29) is 5.91 Å². The van der Waals surface area contributed by atoms with Crippen LogP contribution in [0.25, 0.3) is 11.3 Å². The number of benzene rings is 1. The summed E-state index contributed by atoms with van der Waals surface area (Å²) >= 11 is 7.43. The van der Waals surface area contributed by atoms with Gasteiger partial charge in [0.2, 0.25) is 5.91 Å². The average Bonchev–Trinajstić information content (AvgIpc) is 3.07. The zero-order valence-electron chi connectivity index (χ0n) is 12.9. The van der Waals surface area contributed by atoms with Crippen molar-refractivity contribution in [2.24, 2.45) is 0 Å². The number of thiazole rings is 1. The van der Waals surface area contributed by atoms with Crippen LogP contribution in [0, 0.1) is 0 Å². The van der Waals surface area contributed by atoms with Gasteiger partial charge in [-0.05, 0) is 29.8 Å². The molecule has 122 valence electrons. The van der Waals surface area contributed by atoms with Crippen LogP contribution in [0.1, 0.15) is 10.6 Å². The van der Waals surface area contributed by atoms with Gasteiger partial charge in [-0.2, -0.15) is 0 Å². The van der Waals surface area contributed by atoms with E-state index in [9.17, 15) is 4.79 Å². The Labute approximate surface area is 149 Å². The number of aromatic nitrogens is 2. The maximum Gasteiger partial charge on any atom is 0.224 e. The monoisotopic (exact) mass is 357 g/mol. The molecule has 0 saturated carbocycles. The third kappa shape index (κ3) is 4.63. The number of carbonyl (C=O) groups excluding carboxylic acids is 1. The van der Waals surface area contributed by atoms with Crippen LogP contribution in [0.15, 0.2) is 54.2 Å². The number of pyridine rings is 1. The van der Waals surface area contributed by atoms with E-state index in [0.29, 0.717) is 18.0 Å². The van der Waals surface area contributed by atoms with Crippen molar-refractivity contribution >= 4 is 28.8 Å². The Morgan fingerprint density at radius 3 is 2.79 bits per heavy atom. The van der Waals surface area contributed by atoms with Crippen molar-refractivity contribution in [2.45, 2.75) is 12.8 Å². The fraction of sp³-hybridized carbons (Fsp3) is 0.167. The molecule has 0 unspecified atom stereocenters. The fourth-order valence-electron chi connectivity index (χ4n) is 2.23.